The third-order valence-corrected chi connectivity index (χ3v) is 6.98. The van der Waals surface area contributed by atoms with Gasteiger partial charge in [-0.25, -0.2) is 13.2 Å². The number of hydrogen-bond donors (Lipinski definition) is 1. The number of rotatable bonds is 7. The van der Waals surface area contributed by atoms with Crippen molar-refractivity contribution in [2.24, 2.45) is 0 Å². The maximum Gasteiger partial charge on any atom is 0.355 e. The summed E-state index contributed by atoms with van der Waals surface area (Å²) in [6.45, 7) is 3.64. The Labute approximate surface area is 169 Å². The van der Waals surface area contributed by atoms with Crippen molar-refractivity contribution in [3.8, 4) is 0 Å². The van der Waals surface area contributed by atoms with E-state index in [1.54, 1.807) is 24.3 Å². The minimum Gasteiger partial charge on any atom is -0.461 e. The first-order chi connectivity index (χ1) is 13.8. The van der Waals surface area contributed by atoms with Crippen molar-refractivity contribution in [2.75, 3.05) is 12.4 Å². The first-order valence-corrected chi connectivity index (χ1v) is 11.2. The zero-order valence-corrected chi connectivity index (χ0v) is 17.2. The monoisotopic (exact) mass is 420 g/mol. The fraction of sp³-hybridized carbons (Fsp3) is 0.450. The Morgan fingerprint density at radius 2 is 1.93 bits per heavy atom. The van der Waals surface area contributed by atoms with Gasteiger partial charge in [0.05, 0.1) is 18.8 Å². The lowest BCUT2D eigenvalue weighted by Crippen LogP contribution is -2.74. The number of nitrogens with one attached hydrogen (secondary N) is 1. The number of ether oxygens (including phenoxy) is 1. The number of esters is 1. The van der Waals surface area contributed by atoms with Gasteiger partial charge in [-0.15, -0.1) is 0 Å². The predicted octanol–water partition coefficient (Wildman–Crippen LogP) is 0.928. The second kappa shape index (κ2) is 8.36. The van der Waals surface area contributed by atoms with Crippen LogP contribution in [0.15, 0.2) is 41.6 Å². The number of carbonyl (C=O) groups is 3. The van der Waals surface area contributed by atoms with E-state index in [0.717, 1.165) is 16.9 Å². The molecule has 156 valence electrons. The van der Waals surface area contributed by atoms with Gasteiger partial charge in [0.2, 0.25) is 5.91 Å². The molecule has 0 aromatic heterocycles. The minimum absolute atomic E-state index is 0.0260. The third-order valence-electron chi connectivity index (χ3n) is 4.92. The highest BCUT2D eigenvalue weighted by Crippen LogP contribution is 2.37. The molecule has 8 nitrogen and oxygen atoms in total. The van der Waals surface area contributed by atoms with Gasteiger partial charge in [-0.05, 0) is 24.5 Å². The predicted molar refractivity (Wildman–Crippen MR) is 105 cm³/mol. The van der Waals surface area contributed by atoms with E-state index in [0.29, 0.717) is 6.42 Å². The third kappa shape index (κ3) is 4.19. The lowest BCUT2D eigenvalue weighted by atomic mass is 10.0. The largest absolute Gasteiger partial charge is 0.461 e. The standard InChI is InChI=1S/C20H24N2O6S/c1-3-4-10-28-20(25)17-13(2)12-29(26,27)19-16(18(24)22(17)19)21-15(23)11-14-8-6-5-7-9-14/h5-9,16,19H,3-4,10-12H2,1-2H3,(H,21,23)/t16-,19-/m1/s1. The molecule has 1 fully saturated rings. The molecule has 1 N–H and O–H groups in total. The maximum atomic E-state index is 12.7. The van der Waals surface area contributed by atoms with E-state index in [-0.39, 0.29) is 30.1 Å². The van der Waals surface area contributed by atoms with Crippen molar-refractivity contribution < 1.29 is 27.5 Å². The summed E-state index contributed by atoms with van der Waals surface area (Å²) in [5.74, 6) is -2.15. The number of hydrogen-bond acceptors (Lipinski definition) is 6. The van der Waals surface area contributed by atoms with Crippen molar-refractivity contribution in [1.82, 2.24) is 10.2 Å². The molecule has 1 saturated heterocycles. The molecule has 3 rings (SSSR count). The van der Waals surface area contributed by atoms with Crippen LogP contribution >= 0.6 is 0 Å². The molecule has 0 radical (unpaired) electrons. The highest BCUT2D eigenvalue weighted by Gasteiger charge is 2.60. The summed E-state index contributed by atoms with van der Waals surface area (Å²) in [5, 5.41) is 1.23. The van der Waals surface area contributed by atoms with E-state index in [4.69, 9.17) is 4.74 Å². The van der Waals surface area contributed by atoms with Gasteiger partial charge in [0, 0.05) is 0 Å². The zero-order valence-electron chi connectivity index (χ0n) is 16.4. The fourth-order valence-corrected chi connectivity index (χ4v) is 5.56. The lowest BCUT2D eigenvalue weighted by molar-refractivity contribution is -0.153. The SMILES string of the molecule is CCCCOC(=O)C1=C(C)CS(=O)(=O)[C@@H]2[C@H](NC(=O)Cc3ccccc3)C(=O)N12. The summed E-state index contributed by atoms with van der Waals surface area (Å²) in [5.41, 5.74) is 0.987. The molecule has 1 aromatic carbocycles. The number of nitrogens with zero attached hydrogens (tertiary/aromatic N) is 1. The molecule has 0 aliphatic carbocycles. The van der Waals surface area contributed by atoms with E-state index in [9.17, 15) is 22.8 Å². The molecule has 2 aliphatic rings. The molecule has 2 atom stereocenters. The Hall–Kier alpha value is -2.68. The van der Waals surface area contributed by atoms with Crippen LogP contribution in [0, 0.1) is 0 Å². The molecule has 9 heteroatoms. The van der Waals surface area contributed by atoms with Crippen molar-refractivity contribution in [3.05, 3.63) is 47.2 Å². The minimum atomic E-state index is -3.74. The average molecular weight is 420 g/mol. The van der Waals surface area contributed by atoms with Crippen LogP contribution in [0.2, 0.25) is 0 Å². The Morgan fingerprint density at radius 1 is 1.24 bits per heavy atom. The number of amides is 2. The van der Waals surface area contributed by atoms with Gasteiger partial charge in [0.1, 0.15) is 11.7 Å². The average Bonchev–Trinajstić information content (AvgIpc) is 2.66. The van der Waals surface area contributed by atoms with Gasteiger partial charge in [-0.1, -0.05) is 43.7 Å². The second-order valence-corrected chi connectivity index (χ2v) is 9.33. The van der Waals surface area contributed by atoms with Gasteiger partial charge in [-0.3, -0.25) is 14.5 Å². The zero-order chi connectivity index (χ0) is 21.2. The molecular formula is C20H24N2O6S. The Bertz CT molecular complexity index is 954. The lowest BCUT2D eigenvalue weighted by Gasteiger charge is -2.49. The second-order valence-electron chi connectivity index (χ2n) is 7.23. The van der Waals surface area contributed by atoms with E-state index < -0.39 is 39.0 Å². The molecule has 2 amide bonds. The first kappa shape index (κ1) is 21.0. The molecule has 0 unspecified atom stereocenters. The van der Waals surface area contributed by atoms with Gasteiger partial charge >= 0.3 is 5.97 Å². The van der Waals surface area contributed by atoms with Crippen molar-refractivity contribution >= 4 is 27.6 Å². The van der Waals surface area contributed by atoms with E-state index >= 15 is 0 Å². The topological polar surface area (TPSA) is 110 Å². The number of sulfone groups is 1. The fourth-order valence-electron chi connectivity index (χ4n) is 3.52. The van der Waals surface area contributed by atoms with Crippen molar-refractivity contribution in [1.29, 1.82) is 0 Å². The van der Waals surface area contributed by atoms with Gasteiger partial charge in [-0.2, -0.15) is 0 Å². The molecule has 2 aliphatic heterocycles. The van der Waals surface area contributed by atoms with Gasteiger partial charge < -0.3 is 10.1 Å². The quantitative estimate of drug-likeness (QED) is 0.399. The van der Waals surface area contributed by atoms with Crippen molar-refractivity contribution in [3.63, 3.8) is 0 Å². The number of fused-ring (bicyclic) bond motifs is 1. The molecule has 2 heterocycles. The van der Waals surface area contributed by atoms with Crippen LogP contribution in [-0.2, 0) is 35.4 Å². The van der Waals surface area contributed by atoms with Gasteiger partial charge in [0.15, 0.2) is 15.2 Å². The number of benzene rings is 1. The molecule has 1 aromatic rings. The normalized spacial score (nSPS) is 22.6. The molecular weight excluding hydrogens is 396 g/mol. The van der Waals surface area contributed by atoms with Crippen LogP contribution in [0.1, 0.15) is 32.3 Å². The van der Waals surface area contributed by atoms with Crippen LogP contribution in [0.3, 0.4) is 0 Å². The summed E-state index contributed by atoms with van der Waals surface area (Å²) >= 11 is 0. The number of carbonyl (C=O) groups excluding carboxylic acids is 3. The molecule has 0 saturated carbocycles. The van der Waals surface area contributed by atoms with E-state index in [1.165, 1.54) is 6.92 Å². The summed E-state index contributed by atoms with van der Waals surface area (Å²) < 4.78 is 30.5. The molecule has 0 bridgehead atoms. The Morgan fingerprint density at radius 3 is 2.59 bits per heavy atom. The van der Waals surface area contributed by atoms with Crippen LogP contribution in [0.25, 0.3) is 0 Å². The number of β-lactam (4-membered cyclic amide) rings is 1. The first-order valence-electron chi connectivity index (χ1n) is 9.51. The summed E-state index contributed by atoms with van der Waals surface area (Å²) in [6, 6.07) is 7.72. The maximum absolute atomic E-state index is 12.7. The van der Waals surface area contributed by atoms with Crippen molar-refractivity contribution in [2.45, 2.75) is 44.5 Å². The van der Waals surface area contributed by atoms with Gasteiger partial charge in [0.25, 0.3) is 5.91 Å². The molecule has 0 spiro atoms. The Balaban J connectivity index is 1.76. The van der Waals surface area contributed by atoms with Crippen LogP contribution in [0.5, 0.6) is 0 Å². The highest BCUT2D eigenvalue weighted by atomic mass is 32.2. The summed E-state index contributed by atoms with van der Waals surface area (Å²) in [4.78, 5) is 38.4. The Kier molecular flexibility index (Phi) is 6.07. The molecule has 29 heavy (non-hydrogen) atoms. The van der Waals surface area contributed by atoms with Crippen LogP contribution < -0.4 is 5.32 Å². The van der Waals surface area contributed by atoms with E-state index in [2.05, 4.69) is 5.32 Å². The summed E-state index contributed by atoms with van der Waals surface area (Å²) in [7, 11) is -3.74. The summed E-state index contributed by atoms with van der Waals surface area (Å²) in [6.07, 6.45) is 1.53. The van der Waals surface area contributed by atoms with Crippen LogP contribution in [-0.4, -0.2) is 54.9 Å². The highest BCUT2D eigenvalue weighted by molar-refractivity contribution is 7.92. The smallest absolute Gasteiger partial charge is 0.355 e. The van der Waals surface area contributed by atoms with E-state index in [1.807, 2.05) is 13.0 Å². The van der Waals surface area contributed by atoms with Crippen LogP contribution in [0.4, 0.5) is 0 Å². The number of unbranched alkanes of at least 4 members (excludes halogenated alkanes) is 1.